The molecule has 1 aromatic heterocycles. The number of amides is 1. The van der Waals surface area contributed by atoms with Crippen LogP contribution in [0.2, 0.25) is 0 Å². The summed E-state index contributed by atoms with van der Waals surface area (Å²) in [5.41, 5.74) is 3.15. The Hall–Kier alpha value is -2.20. The van der Waals surface area contributed by atoms with Gasteiger partial charge in [0.2, 0.25) is 0 Å². The van der Waals surface area contributed by atoms with Crippen LogP contribution >= 0.6 is 11.8 Å². The van der Waals surface area contributed by atoms with Crippen molar-refractivity contribution in [2.45, 2.75) is 0 Å². The second kappa shape index (κ2) is 6.36. The van der Waals surface area contributed by atoms with Crippen molar-refractivity contribution in [2.75, 3.05) is 24.6 Å². The maximum absolute atomic E-state index is 13.0. The van der Waals surface area contributed by atoms with E-state index in [-0.39, 0.29) is 5.91 Å². The van der Waals surface area contributed by atoms with Gasteiger partial charge in [-0.3, -0.25) is 4.79 Å². The molecule has 2 heterocycles. The Morgan fingerprint density at radius 2 is 1.71 bits per heavy atom. The molecule has 1 saturated heterocycles. The van der Waals surface area contributed by atoms with Gasteiger partial charge >= 0.3 is 0 Å². The van der Waals surface area contributed by atoms with Crippen LogP contribution in [0.5, 0.6) is 0 Å². The summed E-state index contributed by atoms with van der Waals surface area (Å²) in [6.45, 7) is 1.69. The molecule has 2 aromatic carbocycles. The second-order valence-electron chi connectivity index (χ2n) is 6.12. The lowest BCUT2D eigenvalue weighted by molar-refractivity contribution is 0.0774. The van der Waals surface area contributed by atoms with Crippen LogP contribution in [0.4, 0.5) is 0 Å². The number of nitrogens with zero attached hydrogens (tertiary/aromatic N) is 2. The fourth-order valence-corrected chi connectivity index (χ4v) is 4.29. The van der Waals surface area contributed by atoms with Gasteiger partial charge in [0.15, 0.2) is 0 Å². The highest BCUT2D eigenvalue weighted by atomic mass is 32.2. The van der Waals surface area contributed by atoms with Gasteiger partial charge in [0.05, 0.1) is 0 Å². The van der Waals surface area contributed by atoms with Gasteiger partial charge in [-0.25, -0.2) is 0 Å². The fourth-order valence-electron chi connectivity index (χ4n) is 3.39. The van der Waals surface area contributed by atoms with E-state index >= 15 is 0 Å². The molecule has 0 radical (unpaired) electrons. The van der Waals surface area contributed by atoms with Crippen molar-refractivity contribution >= 4 is 28.4 Å². The number of hydrogen-bond donors (Lipinski definition) is 0. The predicted molar refractivity (Wildman–Crippen MR) is 102 cm³/mol. The zero-order chi connectivity index (χ0) is 16.5. The van der Waals surface area contributed by atoms with Crippen LogP contribution in [-0.4, -0.2) is 40.0 Å². The SMILES string of the molecule is Cn1cccc1-c1ccc(C(=O)N2CCSCC2)c2ccccc12. The fraction of sp³-hybridized carbons (Fsp3) is 0.250. The van der Waals surface area contributed by atoms with Gasteiger partial charge in [-0.15, -0.1) is 0 Å². The van der Waals surface area contributed by atoms with Crippen LogP contribution < -0.4 is 0 Å². The molecule has 24 heavy (non-hydrogen) atoms. The standard InChI is InChI=1S/C20H20N2OS/c1-21-10-4-7-19(21)17-8-9-18(16-6-3-2-5-15(16)17)20(23)22-11-13-24-14-12-22/h2-10H,11-14H2,1H3. The van der Waals surface area contributed by atoms with Gasteiger partial charge in [0.25, 0.3) is 5.91 Å². The van der Waals surface area contributed by atoms with E-state index in [0.29, 0.717) is 0 Å². The summed E-state index contributed by atoms with van der Waals surface area (Å²) in [6, 6.07) is 16.5. The maximum Gasteiger partial charge on any atom is 0.254 e. The number of fused-ring (bicyclic) bond motifs is 1. The van der Waals surface area contributed by atoms with Crippen molar-refractivity contribution in [3.63, 3.8) is 0 Å². The van der Waals surface area contributed by atoms with Crippen LogP contribution in [-0.2, 0) is 7.05 Å². The summed E-state index contributed by atoms with van der Waals surface area (Å²) in [7, 11) is 2.05. The summed E-state index contributed by atoms with van der Waals surface area (Å²) in [5, 5.41) is 2.18. The van der Waals surface area contributed by atoms with Crippen molar-refractivity contribution < 1.29 is 4.79 Å². The minimum absolute atomic E-state index is 0.157. The molecular formula is C20H20N2OS. The van der Waals surface area contributed by atoms with Gasteiger partial charge in [-0.05, 0) is 29.0 Å². The van der Waals surface area contributed by atoms with Crippen LogP contribution in [0.3, 0.4) is 0 Å². The Bertz CT molecular complexity index is 894. The number of aromatic nitrogens is 1. The molecule has 0 atom stereocenters. The molecule has 3 nitrogen and oxygen atoms in total. The number of aryl methyl sites for hydroxylation is 1. The third kappa shape index (κ3) is 2.61. The summed E-state index contributed by atoms with van der Waals surface area (Å²) in [4.78, 5) is 15.0. The van der Waals surface area contributed by atoms with Crippen molar-refractivity contribution in [1.29, 1.82) is 0 Å². The Morgan fingerprint density at radius 3 is 2.42 bits per heavy atom. The Morgan fingerprint density at radius 1 is 0.958 bits per heavy atom. The van der Waals surface area contributed by atoms with E-state index in [1.807, 2.05) is 34.9 Å². The van der Waals surface area contributed by atoms with E-state index in [9.17, 15) is 4.79 Å². The van der Waals surface area contributed by atoms with Crippen molar-refractivity contribution in [3.05, 3.63) is 60.3 Å². The highest BCUT2D eigenvalue weighted by molar-refractivity contribution is 7.99. The molecule has 0 aliphatic carbocycles. The minimum atomic E-state index is 0.157. The normalized spacial score (nSPS) is 15.0. The number of rotatable bonds is 2. The first kappa shape index (κ1) is 15.3. The Kier molecular flexibility index (Phi) is 4.07. The topological polar surface area (TPSA) is 25.2 Å². The smallest absolute Gasteiger partial charge is 0.254 e. The Labute approximate surface area is 146 Å². The molecule has 122 valence electrons. The van der Waals surface area contributed by atoms with E-state index in [2.05, 4.69) is 48.1 Å². The largest absolute Gasteiger partial charge is 0.351 e. The first-order valence-corrected chi connectivity index (χ1v) is 9.41. The van der Waals surface area contributed by atoms with Crippen molar-refractivity contribution in [1.82, 2.24) is 9.47 Å². The molecule has 1 aliphatic rings. The highest BCUT2D eigenvalue weighted by Gasteiger charge is 2.21. The number of thioether (sulfide) groups is 1. The van der Waals surface area contributed by atoms with E-state index in [4.69, 9.17) is 0 Å². The number of carbonyl (C=O) groups excluding carboxylic acids is 1. The predicted octanol–water partition coefficient (Wildman–Crippen LogP) is 4.03. The number of benzene rings is 2. The molecule has 4 rings (SSSR count). The monoisotopic (exact) mass is 336 g/mol. The quantitative estimate of drug-likeness (QED) is 0.706. The van der Waals surface area contributed by atoms with Gasteiger partial charge < -0.3 is 9.47 Å². The molecule has 0 saturated carbocycles. The van der Waals surface area contributed by atoms with Gasteiger partial charge in [0.1, 0.15) is 0 Å². The third-order valence-corrected chi connectivity index (χ3v) is 5.61. The zero-order valence-corrected chi connectivity index (χ0v) is 14.6. The molecule has 0 unspecified atom stereocenters. The highest BCUT2D eigenvalue weighted by Crippen LogP contribution is 2.31. The molecule has 1 aliphatic heterocycles. The van der Waals surface area contributed by atoms with Gasteiger partial charge in [0, 0.05) is 54.7 Å². The van der Waals surface area contributed by atoms with Crippen LogP contribution in [0.1, 0.15) is 10.4 Å². The van der Waals surface area contributed by atoms with Crippen LogP contribution in [0, 0.1) is 0 Å². The molecule has 4 heteroatoms. The number of hydrogen-bond acceptors (Lipinski definition) is 2. The van der Waals surface area contributed by atoms with Crippen molar-refractivity contribution in [2.24, 2.45) is 7.05 Å². The zero-order valence-electron chi connectivity index (χ0n) is 13.7. The van der Waals surface area contributed by atoms with Crippen LogP contribution in [0.15, 0.2) is 54.7 Å². The van der Waals surface area contributed by atoms with Crippen LogP contribution in [0.25, 0.3) is 22.0 Å². The minimum Gasteiger partial charge on any atom is -0.351 e. The third-order valence-electron chi connectivity index (χ3n) is 4.67. The molecular weight excluding hydrogens is 316 g/mol. The molecule has 0 bridgehead atoms. The second-order valence-corrected chi connectivity index (χ2v) is 7.34. The van der Waals surface area contributed by atoms with E-state index < -0.39 is 0 Å². The lowest BCUT2D eigenvalue weighted by atomic mass is 9.97. The van der Waals surface area contributed by atoms with Crippen molar-refractivity contribution in [3.8, 4) is 11.3 Å². The van der Waals surface area contributed by atoms with Gasteiger partial charge in [-0.2, -0.15) is 11.8 Å². The summed E-state index contributed by atoms with van der Waals surface area (Å²) in [5.74, 6) is 2.22. The molecule has 3 aromatic rings. The first-order chi connectivity index (χ1) is 11.8. The molecule has 0 spiro atoms. The average Bonchev–Trinajstić information content (AvgIpc) is 3.07. The summed E-state index contributed by atoms with van der Waals surface area (Å²) < 4.78 is 2.12. The van der Waals surface area contributed by atoms with E-state index in [0.717, 1.165) is 40.9 Å². The van der Waals surface area contributed by atoms with E-state index in [1.165, 1.54) is 11.3 Å². The number of carbonyl (C=O) groups is 1. The lowest BCUT2D eigenvalue weighted by Gasteiger charge is -2.27. The molecule has 1 amide bonds. The maximum atomic E-state index is 13.0. The average molecular weight is 336 g/mol. The summed E-state index contributed by atoms with van der Waals surface area (Å²) >= 11 is 1.92. The summed E-state index contributed by atoms with van der Waals surface area (Å²) in [6.07, 6.45) is 2.05. The first-order valence-electron chi connectivity index (χ1n) is 8.26. The van der Waals surface area contributed by atoms with E-state index in [1.54, 1.807) is 0 Å². The molecule has 1 fully saturated rings. The lowest BCUT2D eigenvalue weighted by Crippen LogP contribution is -2.37. The van der Waals surface area contributed by atoms with Gasteiger partial charge in [-0.1, -0.05) is 30.3 Å². The Balaban J connectivity index is 1.84. The molecule has 0 N–H and O–H groups in total.